The number of fused-ring (bicyclic) bond motifs is 1. The molecule has 0 aliphatic carbocycles. The van der Waals surface area contributed by atoms with Crippen molar-refractivity contribution in [2.45, 2.75) is 37.0 Å². The Bertz CT molecular complexity index is 1150. The van der Waals surface area contributed by atoms with Crippen LogP contribution in [0.1, 0.15) is 32.6 Å². The summed E-state index contributed by atoms with van der Waals surface area (Å²) in [7, 11) is 1.43. The van der Waals surface area contributed by atoms with Crippen LogP contribution < -0.4 is 0 Å². The summed E-state index contributed by atoms with van der Waals surface area (Å²) < 4.78 is 35.5. The van der Waals surface area contributed by atoms with Crippen LogP contribution in [-0.4, -0.2) is 56.4 Å². The molecule has 8 nitrogen and oxygen atoms in total. The molecule has 0 saturated carbocycles. The van der Waals surface area contributed by atoms with Gasteiger partial charge < -0.3 is 28.4 Å². The van der Waals surface area contributed by atoms with Crippen molar-refractivity contribution in [2.75, 3.05) is 13.7 Å². The summed E-state index contributed by atoms with van der Waals surface area (Å²) in [4.78, 5) is 26.1. The van der Waals surface area contributed by atoms with Crippen LogP contribution in [-0.2, 0) is 28.4 Å². The van der Waals surface area contributed by atoms with Gasteiger partial charge in [-0.2, -0.15) is 0 Å². The second kappa shape index (κ2) is 11.0. The van der Waals surface area contributed by atoms with Crippen molar-refractivity contribution in [1.29, 1.82) is 0 Å². The van der Waals surface area contributed by atoms with Gasteiger partial charge in [0.05, 0.1) is 17.7 Å². The molecule has 0 amide bonds. The van der Waals surface area contributed by atoms with E-state index in [9.17, 15) is 9.59 Å². The minimum atomic E-state index is -1.09. The molecule has 0 bridgehead atoms. The van der Waals surface area contributed by atoms with E-state index >= 15 is 0 Å². The molecular formula is C28H26O8. The van der Waals surface area contributed by atoms with Gasteiger partial charge in [-0.15, -0.1) is 0 Å². The Morgan fingerprint density at radius 2 is 1.25 bits per heavy atom. The van der Waals surface area contributed by atoms with Crippen LogP contribution >= 0.6 is 0 Å². The van der Waals surface area contributed by atoms with E-state index in [-0.39, 0.29) is 6.61 Å². The van der Waals surface area contributed by atoms with Crippen molar-refractivity contribution < 1.29 is 38.0 Å². The largest absolute Gasteiger partial charge is 0.452 e. The van der Waals surface area contributed by atoms with Crippen molar-refractivity contribution in [3.8, 4) is 0 Å². The summed E-state index contributed by atoms with van der Waals surface area (Å²) in [5.41, 5.74) is 1.50. The van der Waals surface area contributed by atoms with Crippen molar-refractivity contribution in [3.05, 3.63) is 108 Å². The molecule has 3 aromatic carbocycles. The first kappa shape index (κ1) is 24.1. The highest BCUT2D eigenvalue weighted by Gasteiger charge is 2.54. The number of methoxy groups -OCH3 is 1. The molecular weight excluding hydrogens is 464 g/mol. The minimum absolute atomic E-state index is 0.169. The lowest BCUT2D eigenvalue weighted by Gasteiger charge is -2.47. The van der Waals surface area contributed by atoms with Gasteiger partial charge in [0.2, 0.25) is 0 Å². The summed E-state index contributed by atoms with van der Waals surface area (Å²) in [6, 6.07) is 26.5. The Kier molecular flexibility index (Phi) is 7.39. The maximum atomic E-state index is 13.1. The number of ether oxygens (including phenoxy) is 6. The van der Waals surface area contributed by atoms with Gasteiger partial charge in [0.15, 0.2) is 24.8 Å². The lowest BCUT2D eigenvalue weighted by molar-refractivity contribution is -0.356. The predicted molar refractivity (Wildman–Crippen MR) is 127 cm³/mol. The summed E-state index contributed by atoms with van der Waals surface area (Å²) in [5.74, 6) is -1.18. The summed E-state index contributed by atoms with van der Waals surface area (Å²) in [5, 5.41) is 0. The Hall–Kier alpha value is -3.56. The molecule has 8 heteroatoms. The average Bonchev–Trinajstić information content (AvgIpc) is 2.95. The van der Waals surface area contributed by atoms with E-state index in [0.29, 0.717) is 11.1 Å². The van der Waals surface area contributed by atoms with Gasteiger partial charge in [-0.1, -0.05) is 66.7 Å². The fraction of sp³-hybridized carbons (Fsp3) is 0.286. The van der Waals surface area contributed by atoms with E-state index < -0.39 is 48.9 Å². The molecule has 0 spiro atoms. The van der Waals surface area contributed by atoms with Gasteiger partial charge in [0, 0.05) is 12.7 Å². The molecule has 2 aliphatic rings. The van der Waals surface area contributed by atoms with Crippen molar-refractivity contribution in [1.82, 2.24) is 0 Å². The highest BCUT2D eigenvalue weighted by molar-refractivity contribution is 5.90. The molecule has 2 saturated heterocycles. The zero-order chi connectivity index (χ0) is 24.9. The van der Waals surface area contributed by atoms with Crippen LogP contribution in [0.3, 0.4) is 0 Å². The molecule has 36 heavy (non-hydrogen) atoms. The lowest BCUT2D eigenvalue weighted by atomic mass is 9.97. The quantitative estimate of drug-likeness (QED) is 0.481. The maximum absolute atomic E-state index is 13.1. The Morgan fingerprint density at radius 1 is 0.722 bits per heavy atom. The summed E-state index contributed by atoms with van der Waals surface area (Å²) >= 11 is 0. The maximum Gasteiger partial charge on any atom is 0.338 e. The Morgan fingerprint density at radius 3 is 1.81 bits per heavy atom. The van der Waals surface area contributed by atoms with E-state index in [2.05, 4.69) is 0 Å². The van der Waals surface area contributed by atoms with Crippen LogP contribution in [0.2, 0.25) is 0 Å². The third-order valence-corrected chi connectivity index (χ3v) is 6.09. The van der Waals surface area contributed by atoms with Gasteiger partial charge in [-0.25, -0.2) is 9.59 Å². The fourth-order valence-electron chi connectivity index (χ4n) is 4.31. The standard InChI is InChI=1S/C28H26O8/c1-31-28-24(35-26(30)19-13-7-3-8-14-19)23(34-25(29)18-11-5-2-6-12-18)22-21(33-28)17-32-27(36-22)20-15-9-4-10-16-20/h2-16,21-24,27-28H,17H2,1H3/t21-,22+,23+,24-,27?,28-/m1/s1. The second-order valence-corrected chi connectivity index (χ2v) is 8.43. The molecule has 2 fully saturated rings. The van der Waals surface area contributed by atoms with Crippen molar-refractivity contribution >= 4 is 11.9 Å². The minimum Gasteiger partial charge on any atom is -0.452 e. The monoisotopic (exact) mass is 490 g/mol. The molecule has 0 N–H and O–H groups in total. The molecule has 0 aromatic heterocycles. The molecule has 6 atom stereocenters. The smallest absolute Gasteiger partial charge is 0.338 e. The zero-order valence-corrected chi connectivity index (χ0v) is 19.6. The number of carbonyl (C=O) groups is 2. The van der Waals surface area contributed by atoms with Crippen LogP contribution in [0.4, 0.5) is 0 Å². The van der Waals surface area contributed by atoms with E-state index in [1.807, 2.05) is 30.3 Å². The molecule has 2 aliphatic heterocycles. The highest BCUT2D eigenvalue weighted by atomic mass is 16.8. The summed E-state index contributed by atoms with van der Waals surface area (Å²) in [6.07, 6.45) is -5.23. The Labute approximate surface area is 208 Å². The molecule has 2 heterocycles. The number of hydrogen-bond donors (Lipinski definition) is 0. The highest BCUT2D eigenvalue weighted by Crippen LogP contribution is 2.37. The third-order valence-electron chi connectivity index (χ3n) is 6.09. The SMILES string of the molecule is CO[C@@H]1O[C@@H]2COC(c3ccccc3)O[C@@H]2[C@H](OC(=O)c2ccccc2)[C@H]1OC(=O)c1ccccc1. The van der Waals surface area contributed by atoms with Gasteiger partial charge >= 0.3 is 11.9 Å². The van der Waals surface area contributed by atoms with Gasteiger partial charge in [-0.3, -0.25) is 0 Å². The third kappa shape index (κ3) is 5.17. The number of hydrogen-bond acceptors (Lipinski definition) is 8. The van der Waals surface area contributed by atoms with Crippen LogP contribution in [0.5, 0.6) is 0 Å². The predicted octanol–water partition coefficient (Wildman–Crippen LogP) is 3.92. The normalized spacial score (nSPS) is 27.5. The van der Waals surface area contributed by atoms with Crippen LogP contribution in [0, 0.1) is 0 Å². The van der Waals surface area contributed by atoms with E-state index in [1.165, 1.54) is 7.11 Å². The Balaban J connectivity index is 1.46. The molecule has 186 valence electrons. The number of rotatable bonds is 6. The fourth-order valence-corrected chi connectivity index (χ4v) is 4.31. The molecule has 1 unspecified atom stereocenters. The summed E-state index contributed by atoms with van der Waals surface area (Å²) in [6.45, 7) is 0.169. The van der Waals surface area contributed by atoms with Gasteiger partial charge in [0.25, 0.3) is 0 Å². The second-order valence-electron chi connectivity index (χ2n) is 8.43. The number of benzene rings is 3. The number of esters is 2. The first-order valence-corrected chi connectivity index (χ1v) is 11.7. The first-order chi connectivity index (χ1) is 17.6. The molecule has 0 radical (unpaired) electrons. The zero-order valence-electron chi connectivity index (χ0n) is 19.6. The lowest BCUT2D eigenvalue weighted by Crippen LogP contribution is -2.64. The van der Waals surface area contributed by atoms with Crippen LogP contribution in [0.15, 0.2) is 91.0 Å². The average molecular weight is 491 g/mol. The van der Waals surface area contributed by atoms with E-state index in [0.717, 1.165) is 5.56 Å². The van der Waals surface area contributed by atoms with E-state index in [4.69, 9.17) is 28.4 Å². The van der Waals surface area contributed by atoms with Gasteiger partial charge in [0.1, 0.15) is 12.2 Å². The topological polar surface area (TPSA) is 89.5 Å². The van der Waals surface area contributed by atoms with Crippen molar-refractivity contribution in [2.24, 2.45) is 0 Å². The van der Waals surface area contributed by atoms with Gasteiger partial charge in [-0.05, 0) is 24.3 Å². The first-order valence-electron chi connectivity index (χ1n) is 11.7. The number of carbonyl (C=O) groups excluding carboxylic acids is 2. The molecule has 3 aromatic rings. The van der Waals surface area contributed by atoms with E-state index in [1.54, 1.807) is 60.7 Å². The van der Waals surface area contributed by atoms with Crippen LogP contribution in [0.25, 0.3) is 0 Å². The molecule has 5 rings (SSSR count). The van der Waals surface area contributed by atoms with Crippen molar-refractivity contribution in [3.63, 3.8) is 0 Å².